The van der Waals surface area contributed by atoms with E-state index in [2.05, 4.69) is 27.8 Å². The van der Waals surface area contributed by atoms with Gasteiger partial charge in [0.2, 0.25) is 0 Å². The topological polar surface area (TPSA) is 16.1 Å². The van der Waals surface area contributed by atoms with Gasteiger partial charge in [0, 0.05) is 23.8 Å². The second-order valence-electron chi connectivity index (χ2n) is 5.15. The summed E-state index contributed by atoms with van der Waals surface area (Å²) in [6, 6.07) is 1.91. The molecule has 0 N–H and O–H groups in total. The first-order chi connectivity index (χ1) is 8.61. The largest absolute Gasteiger partial charge is 0.354 e. The molecular formula is C14H20BrFN2. The molecule has 1 aliphatic rings. The summed E-state index contributed by atoms with van der Waals surface area (Å²) in [5.41, 5.74) is 0. The van der Waals surface area contributed by atoms with Crippen molar-refractivity contribution in [2.45, 2.75) is 45.1 Å². The second-order valence-corrected chi connectivity index (χ2v) is 6.07. The standard InChI is InChI=1S/C14H20BrFN2/c1-3-10-4-6-12(7-5-10)18(2)14-13(16)8-11(15)9-17-14/h8-10,12H,3-7H2,1-2H3. The van der Waals surface area contributed by atoms with Crippen molar-refractivity contribution in [2.24, 2.45) is 5.92 Å². The maximum atomic E-state index is 13.9. The van der Waals surface area contributed by atoms with E-state index < -0.39 is 0 Å². The second kappa shape index (κ2) is 6.00. The minimum Gasteiger partial charge on any atom is -0.354 e. The van der Waals surface area contributed by atoms with Crippen molar-refractivity contribution < 1.29 is 4.39 Å². The summed E-state index contributed by atoms with van der Waals surface area (Å²) in [6.45, 7) is 2.25. The highest BCUT2D eigenvalue weighted by Crippen LogP contribution is 2.31. The zero-order valence-electron chi connectivity index (χ0n) is 11.0. The number of hydrogen-bond donors (Lipinski definition) is 0. The van der Waals surface area contributed by atoms with E-state index in [9.17, 15) is 4.39 Å². The van der Waals surface area contributed by atoms with Crippen LogP contribution in [-0.4, -0.2) is 18.1 Å². The van der Waals surface area contributed by atoms with E-state index >= 15 is 0 Å². The van der Waals surface area contributed by atoms with Crippen molar-refractivity contribution in [3.05, 3.63) is 22.6 Å². The van der Waals surface area contributed by atoms with Crippen LogP contribution in [0.1, 0.15) is 39.0 Å². The first kappa shape index (κ1) is 13.8. The number of hydrogen-bond acceptors (Lipinski definition) is 2. The molecule has 4 heteroatoms. The third-order valence-corrected chi connectivity index (χ3v) is 4.50. The van der Waals surface area contributed by atoms with Crippen molar-refractivity contribution in [3.63, 3.8) is 0 Å². The normalized spacial score (nSPS) is 24.0. The maximum absolute atomic E-state index is 13.9. The molecule has 100 valence electrons. The summed E-state index contributed by atoms with van der Waals surface area (Å²) in [6.07, 6.45) is 7.72. The van der Waals surface area contributed by atoms with Crippen LogP contribution in [-0.2, 0) is 0 Å². The first-order valence-electron chi connectivity index (χ1n) is 6.65. The molecule has 1 heterocycles. The van der Waals surface area contributed by atoms with E-state index in [1.165, 1.54) is 25.3 Å². The Morgan fingerprint density at radius 3 is 2.61 bits per heavy atom. The lowest BCUT2D eigenvalue weighted by molar-refractivity contribution is 0.312. The van der Waals surface area contributed by atoms with Gasteiger partial charge < -0.3 is 4.90 Å². The van der Waals surface area contributed by atoms with Gasteiger partial charge in [-0.1, -0.05) is 13.3 Å². The fraction of sp³-hybridized carbons (Fsp3) is 0.643. The molecule has 1 saturated carbocycles. The molecule has 0 aliphatic heterocycles. The quantitative estimate of drug-likeness (QED) is 0.822. The van der Waals surface area contributed by atoms with Gasteiger partial charge in [-0.3, -0.25) is 0 Å². The smallest absolute Gasteiger partial charge is 0.166 e. The van der Waals surface area contributed by atoms with Gasteiger partial charge in [0.05, 0.1) is 0 Å². The van der Waals surface area contributed by atoms with Crippen molar-refractivity contribution >= 4 is 21.7 Å². The zero-order valence-corrected chi connectivity index (χ0v) is 12.6. The zero-order chi connectivity index (χ0) is 13.1. The Morgan fingerprint density at radius 1 is 1.39 bits per heavy atom. The third-order valence-electron chi connectivity index (χ3n) is 4.06. The molecule has 0 atom stereocenters. The van der Waals surface area contributed by atoms with Gasteiger partial charge >= 0.3 is 0 Å². The fourth-order valence-electron chi connectivity index (χ4n) is 2.78. The predicted molar refractivity (Wildman–Crippen MR) is 76.3 cm³/mol. The van der Waals surface area contributed by atoms with Gasteiger partial charge in [-0.05, 0) is 53.6 Å². The number of anilines is 1. The number of rotatable bonds is 3. The van der Waals surface area contributed by atoms with E-state index in [0.29, 0.717) is 16.3 Å². The number of nitrogens with zero attached hydrogens (tertiary/aromatic N) is 2. The Bertz CT molecular complexity index is 403. The highest BCUT2D eigenvalue weighted by atomic mass is 79.9. The molecule has 1 aromatic rings. The van der Waals surface area contributed by atoms with E-state index in [0.717, 1.165) is 18.8 Å². The number of pyridine rings is 1. The van der Waals surface area contributed by atoms with Crippen LogP contribution in [0.4, 0.5) is 10.2 Å². The Morgan fingerprint density at radius 2 is 2.06 bits per heavy atom. The van der Waals surface area contributed by atoms with Crippen LogP contribution >= 0.6 is 15.9 Å². The van der Waals surface area contributed by atoms with Gasteiger partial charge in [-0.25, -0.2) is 9.37 Å². The Hall–Kier alpha value is -0.640. The summed E-state index contributed by atoms with van der Waals surface area (Å²) >= 11 is 3.24. The van der Waals surface area contributed by atoms with Crippen molar-refractivity contribution in [2.75, 3.05) is 11.9 Å². The van der Waals surface area contributed by atoms with Gasteiger partial charge in [0.25, 0.3) is 0 Å². The Balaban J connectivity index is 2.05. The van der Waals surface area contributed by atoms with Crippen LogP contribution in [0.3, 0.4) is 0 Å². The van der Waals surface area contributed by atoms with Crippen LogP contribution in [0, 0.1) is 11.7 Å². The SMILES string of the molecule is CCC1CCC(N(C)c2ncc(Br)cc2F)CC1. The van der Waals surface area contributed by atoms with Crippen LogP contribution in [0.5, 0.6) is 0 Å². The molecule has 18 heavy (non-hydrogen) atoms. The summed E-state index contributed by atoms with van der Waals surface area (Å²) in [4.78, 5) is 6.20. The van der Waals surface area contributed by atoms with E-state index in [1.54, 1.807) is 6.20 Å². The van der Waals surface area contributed by atoms with Crippen LogP contribution in [0.25, 0.3) is 0 Å². The van der Waals surface area contributed by atoms with E-state index in [1.807, 2.05) is 11.9 Å². The van der Waals surface area contributed by atoms with E-state index in [-0.39, 0.29) is 5.82 Å². The predicted octanol–water partition coefficient (Wildman–Crippen LogP) is 4.39. The summed E-state index contributed by atoms with van der Waals surface area (Å²) in [7, 11) is 1.95. The van der Waals surface area contributed by atoms with Crippen molar-refractivity contribution in [1.29, 1.82) is 0 Å². The molecule has 0 saturated heterocycles. The highest BCUT2D eigenvalue weighted by molar-refractivity contribution is 9.10. The average Bonchev–Trinajstić information content (AvgIpc) is 2.38. The maximum Gasteiger partial charge on any atom is 0.166 e. The molecule has 0 amide bonds. The molecule has 0 aromatic carbocycles. The monoisotopic (exact) mass is 314 g/mol. The Labute approximate surface area is 117 Å². The summed E-state index contributed by atoms with van der Waals surface area (Å²) < 4.78 is 14.6. The highest BCUT2D eigenvalue weighted by Gasteiger charge is 2.25. The van der Waals surface area contributed by atoms with Gasteiger partial charge in [-0.2, -0.15) is 0 Å². The molecule has 2 nitrogen and oxygen atoms in total. The summed E-state index contributed by atoms with van der Waals surface area (Å²) in [5, 5.41) is 0. The lowest BCUT2D eigenvalue weighted by Gasteiger charge is -2.35. The molecule has 1 aromatic heterocycles. The Kier molecular flexibility index (Phi) is 4.60. The lowest BCUT2D eigenvalue weighted by Crippen LogP contribution is -2.36. The molecule has 1 aliphatic carbocycles. The number of halogens is 2. The molecule has 0 unspecified atom stereocenters. The fourth-order valence-corrected chi connectivity index (χ4v) is 3.08. The van der Waals surface area contributed by atoms with Crippen molar-refractivity contribution in [1.82, 2.24) is 4.98 Å². The van der Waals surface area contributed by atoms with Crippen LogP contribution in [0.2, 0.25) is 0 Å². The number of aromatic nitrogens is 1. The van der Waals surface area contributed by atoms with Gasteiger partial charge in [0.1, 0.15) is 0 Å². The third kappa shape index (κ3) is 3.02. The molecule has 0 bridgehead atoms. The molecule has 2 rings (SSSR count). The average molecular weight is 315 g/mol. The van der Waals surface area contributed by atoms with Gasteiger partial charge in [-0.15, -0.1) is 0 Å². The van der Waals surface area contributed by atoms with Crippen LogP contribution in [0.15, 0.2) is 16.7 Å². The molecule has 1 fully saturated rings. The van der Waals surface area contributed by atoms with E-state index in [4.69, 9.17) is 0 Å². The summed E-state index contributed by atoms with van der Waals surface area (Å²) in [5.74, 6) is 1.08. The molecule has 0 spiro atoms. The van der Waals surface area contributed by atoms with Gasteiger partial charge in [0.15, 0.2) is 11.6 Å². The molecule has 0 radical (unpaired) electrons. The minimum atomic E-state index is -0.246. The first-order valence-corrected chi connectivity index (χ1v) is 7.45. The van der Waals surface area contributed by atoms with Crippen LogP contribution < -0.4 is 4.90 Å². The minimum absolute atomic E-state index is 0.246. The lowest BCUT2D eigenvalue weighted by atomic mass is 9.84. The molecular weight excluding hydrogens is 295 g/mol. The van der Waals surface area contributed by atoms with Crippen molar-refractivity contribution in [3.8, 4) is 0 Å².